The smallest absolute Gasteiger partial charge is 0.300 e. The molecule has 2 aromatic carbocycles. The quantitative estimate of drug-likeness (QED) is 0.806. The Balaban J connectivity index is 1.89. The second kappa shape index (κ2) is 6.52. The zero-order valence-electron chi connectivity index (χ0n) is 12.2. The van der Waals surface area contributed by atoms with Crippen molar-refractivity contribution in [3.8, 4) is 0 Å². The van der Waals surface area contributed by atoms with Gasteiger partial charge in [-0.05, 0) is 35.5 Å². The Kier molecular flexibility index (Phi) is 4.44. The SMILES string of the molecule is O=C1NC(=Nc2ccccc2C(F)(F)F)SC1=Cc1ccccc1. The topological polar surface area (TPSA) is 41.5 Å². The van der Waals surface area contributed by atoms with Crippen LogP contribution in [0.5, 0.6) is 0 Å². The van der Waals surface area contributed by atoms with Crippen LogP contribution in [-0.2, 0) is 11.0 Å². The van der Waals surface area contributed by atoms with E-state index in [9.17, 15) is 18.0 Å². The summed E-state index contributed by atoms with van der Waals surface area (Å²) in [5.74, 6) is -0.382. The first kappa shape index (κ1) is 16.3. The van der Waals surface area contributed by atoms with Crippen LogP contribution in [0.2, 0.25) is 0 Å². The van der Waals surface area contributed by atoms with Crippen molar-refractivity contribution in [2.24, 2.45) is 4.99 Å². The molecule has 2 aromatic rings. The highest BCUT2D eigenvalue weighted by Crippen LogP contribution is 2.37. The first-order valence-corrected chi connectivity index (χ1v) is 7.76. The number of rotatable bonds is 2. The number of carbonyl (C=O) groups excluding carboxylic acids is 1. The van der Waals surface area contributed by atoms with Crippen molar-refractivity contribution in [2.45, 2.75) is 6.18 Å². The van der Waals surface area contributed by atoms with Gasteiger partial charge in [-0.25, -0.2) is 4.99 Å². The first-order chi connectivity index (χ1) is 11.4. The molecule has 1 heterocycles. The molecule has 0 unspecified atom stereocenters. The lowest BCUT2D eigenvalue weighted by molar-refractivity contribution is -0.137. The summed E-state index contributed by atoms with van der Waals surface area (Å²) in [5, 5.41) is 2.61. The molecular formula is C17H11F3N2OS. The number of amidine groups is 1. The van der Waals surface area contributed by atoms with E-state index in [-0.39, 0.29) is 16.8 Å². The molecule has 3 nitrogen and oxygen atoms in total. The Morgan fingerprint density at radius 1 is 1.00 bits per heavy atom. The average molecular weight is 348 g/mol. The van der Waals surface area contributed by atoms with Gasteiger partial charge in [-0.2, -0.15) is 13.2 Å². The Bertz CT molecular complexity index is 829. The molecule has 1 N–H and O–H groups in total. The summed E-state index contributed by atoms with van der Waals surface area (Å²) in [6, 6.07) is 14.2. The summed E-state index contributed by atoms with van der Waals surface area (Å²) < 4.78 is 39.0. The van der Waals surface area contributed by atoms with Gasteiger partial charge >= 0.3 is 6.18 Å². The van der Waals surface area contributed by atoms with E-state index in [0.717, 1.165) is 23.4 Å². The first-order valence-electron chi connectivity index (χ1n) is 6.94. The molecule has 0 bridgehead atoms. The van der Waals surface area contributed by atoms with Crippen molar-refractivity contribution in [3.63, 3.8) is 0 Å². The summed E-state index contributed by atoms with van der Waals surface area (Å²) in [5.41, 5.74) is -0.242. The molecule has 0 atom stereocenters. The highest BCUT2D eigenvalue weighted by molar-refractivity contribution is 8.18. The molecule has 1 saturated heterocycles. The Labute approximate surface area is 140 Å². The van der Waals surface area contributed by atoms with Gasteiger partial charge in [-0.3, -0.25) is 4.79 Å². The molecule has 1 aliphatic heterocycles. The van der Waals surface area contributed by atoms with Crippen molar-refractivity contribution < 1.29 is 18.0 Å². The normalized spacial score (nSPS) is 18.2. The summed E-state index contributed by atoms with van der Waals surface area (Å²) >= 11 is 1.01. The van der Waals surface area contributed by atoms with Gasteiger partial charge in [-0.15, -0.1) is 0 Å². The lowest BCUT2D eigenvalue weighted by atomic mass is 10.2. The third kappa shape index (κ3) is 3.68. The molecule has 1 aliphatic rings. The number of amides is 1. The number of aliphatic imine (C=N–C) groups is 1. The van der Waals surface area contributed by atoms with Gasteiger partial charge in [0.05, 0.1) is 16.2 Å². The maximum absolute atomic E-state index is 13.0. The van der Waals surface area contributed by atoms with Gasteiger partial charge in [0.1, 0.15) is 0 Å². The van der Waals surface area contributed by atoms with Crippen LogP contribution in [0.1, 0.15) is 11.1 Å². The Morgan fingerprint density at radius 2 is 1.67 bits per heavy atom. The van der Waals surface area contributed by atoms with E-state index in [0.29, 0.717) is 4.91 Å². The monoisotopic (exact) mass is 348 g/mol. The van der Waals surface area contributed by atoms with Crippen LogP contribution in [-0.4, -0.2) is 11.1 Å². The molecule has 122 valence electrons. The fourth-order valence-electron chi connectivity index (χ4n) is 2.10. The minimum absolute atomic E-state index is 0.124. The second-order valence-electron chi connectivity index (χ2n) is 4.91. The zero-order valence-corrected chi connectivity index (χ0v) is 13.0. The van der Waals surface area contributed by atoms with E-state index in [1.165, 1.54) is 18.2 Å². The number of hydrogen-bond acceptors (Lipinski definition) is 3. The average Bonchev–Trinajstić information content (AvgIpc) is 2.87. The fourth-order valence-corrected chi connectivity index (χ4v) is 2.94. The van der Waals surface area contributed by atoms with Crippen LogP contribution in [0, 0.1) is 0 Å². The Hall–Kier alpha value is -2.54. The number of carbonyl (C=O) groups is 1. The molecule has 0 radical (unpaired) electrons. The number of para-hydroxylation sites is 1. The maximum Gasteiger partial charge on any atom is 0.418 e. The number of alkyl halides is 3. The molecule has 0 aromatic heterocycles. The number of thioether (sulfide) groups is 1. The lowest BCUT2D eigenvalue weighted by Gasteiger charge is -2.09. The van der Waals surface area contributed by atoms with E-state index in [2.05, 4.69) is 10.3 Å². The number of hydrogen-bond donors (Lipinski definition) is 1. The van der Waals surface area contributed by atoms with Crippen LogP contribution in [0.15, 0.2) is 64.5 Å². The second-order valence-corrected chi connectivity index (χ2v) is 5.94. The number of nitrogens with zero attached hydrogens (tertiary/aromatic N) is 1. The van der Waals surface area contributed by atoms with Gasteiger partial charge < -0.3 is 5.32 Å². The van der Waals surface area contributed by atoms with Crippen molar-refractivity contribution in [3.05, 3.63) is 70.6 Å². The predicted octanol–water partition coefficient (Wildman–Crippen LogP) is 4.60. The van der Waals surface area contributed by atoms with E-state index in [4.69, 9.17) is 0 Å². The minimum atomic E-state index is -4.50. The van der Waals surface area contributed by atoms with Gasteiger partial charge in [0.25, 0.3) is 5.91 Å². The summed E-state index contributed by atoms with van der Waals surface area (Å²) in [4.78, 5) is 16.3. The summed E-state index contributed by atoms with van der Waals surface area (Å²) in [6.45, 7) is 0. The van der Waals surface area contributed by atoms with Crippen LogP contribution >= 0.6 is 11.8 Å². The zero-order chi connectivity index (χ0) is 17.2. The van der Waals surface area contributed by atoms with Gasteiger partial charge in [0.15, 0.2) is 5.17 Å². The number of halogens is 3. The molecule has 0 aliphatic carbocycles. The molecule has 1 fully saturated rings. The highest BCUT2D eigenvalue weighted by Gasteiger charge is 2.34. The third-order valence-electron chi connectivity index (χ3n) is 3.18. The lowest BCUT2D eigenvalue weighted by Crippen LogP contribution is -2.19. The fraction of sp³-hybridized carbons (Fsp3) is 0.0588. The Morgan fingerprint density at radius 3 is 2.38 bits per heavy atom. The third-order valence-corrected chi connectivity index (χ3v) is 4.09. The number of benzene rings is 2. The van der Waals surface area contributed by atoms with Crippen molar-refractivity contribution in [2.75, 3.05) is 0 Å². The van der Waals surface area contributed by atoms with Crippen LogP contribution in [0.4, 0.5) is 18.9 Å². The summed E-state index contributed by atoms with van der Waals surface area (Å²) in [7, 11) is 0. The van der Waals surface area contributed by atoms with Crippen LogP contribution < -0.4 is 5.32 Å². The van der Waals surface area contributed by atoms with Crippen molar-refractivity contribution >= 4 is 34.6 Å². The highest BCUT2D eigenvalue weighted by atomic mass is 32.2. The molecule has 1 amide bonds. The maximum atomic E-state index is 13.0. The molecule has 24 heavy (non-hydrogen) atoms. The van der Waals surface area contributed by atoms with Crippen molar-refractivity contribution in [1.29, 1.82) is 0 Å². The van der Waals surface area contributed by atoms with Crippen LogP contribution in [0.25, 0.3) is 6.08 Å². The largest absolute Gasteiger partial charge is 0.418 e. The minimum Gasteiger partial charge on any atom is -0.300 e. The van der Waals surface area contributed by atoms with E-state index >= 15 is 0 Å². The predicted molar refractivity (Wildman–Crippen MR) is 88.7 cm³/mol. The van der Waals surface area contributed by atoms with Crippen molar-refractivity contribution in [1.82, 2.24) is 5.32 Å². The molecule has 0 spiro atoms. The standard InChI is InChI=1S/C17H11F3N2OS/c18-17(19,20)12-8-4-5-9-13(12)21-16-22-15(23)14(24-16)10-11-6-2-1-3-7-11/h1-10H,(H,21,22,23). The molecule has 0 saturated carbocycles. The molecular weight excluding hydrogens is 337 g/mol. The van der Waals surface area contributed by atoms with E-state index in [1.807, 2.05) is 30.3 Å². The van der Waals surface area contributed by atoms with E-state index in [1.54, 1.807) is 6.08 Å². The molecule has 3 rings (SSSR count). The molecule has 7 heteroatoms. The summed E-state index contributed by atoms with van der Waals surface area (Å²) in [6.07, 6.45) is -2.84. The van der Waals surface area contributed by atoms with Gasteiger partial charge in [0.2, 0.25) is 0 Å². The van der Waals surface area contributed by atoms with Crippen LogP contribution in [0.3, 0.4) is 0 Å². The van der Waals surface area contributed by atoms with Gasteiger partial charge in [0, 0.05) is 0 Å². The van der Waals surface area contributed by atoms with E-state index < -0.39 is 11.7 Å². The van der Waals surface area contributed by atoms with Gasteiger partial charge in [-0.1, -0.05) is 42.5 Å². The number of nitrogens with one attached hydrogen (secondary N) is 1.